The third-order valence-electron chi connectivity index (χ3n) is 4.04. The Kier molecular flexibility index (Phi) is 4.57. The van der Waals surface area contributed by atoms with E-state index >= 15 is 0 Å². The van der Waals surface area contributed by atoms with Crippen molar-refractivity contribution in [3.63, 3.8) is 0 Å². The lowest BCUT2D eigenvalue weighted by molar-refractivity contribution is 0.0798. The first-order valence-corrected chi connectivity index (χ1v) is 7.58. The number of hydrogen-bond acceptors (Lipinski definition) is 5. The Balaban J connectivity index is 1.65. The Morgan fingerprint density at radius 2 is 2.39 bits per heavy atom. The minimum Gasteiger partial charge on any atom is -0.496 e. The van der Waals surface area contributed by atoms with Crippen LogP contribution in [0.2, 0.25) is 0 Å². The summed E-state index contributed by atoms with van der Waals surface area (Å²) in [5.74, 6) is 1.31. The summed E-state index contributed by atoms with van der Waals surface area (Å²) in [7, 11) is 1.57. The third kappa shape index (κ3) is 3.34. The second-order valence-corrected chi connectivity index (χ2v) is 5.62. The molecule has 1 aromatic heterocycles. The van der Waals surface area contributed by atoms with E-state index in [1.807, 2.05) is 19.1 Å². The molecule has 0 unspecified atom stereocenters. The topological polar surface area (TPSA) is 89.1 Å². The van der Waals surface area contributed by atoms with E-state index in [4.69, 9.17) is 9.47 Å². The molecule has 122 valence electrons. The summed E-state index contributed by atoms with van der Waals surface area (Å²) in [6, 6.07) is 5.53. The molecule has 0 spiro atoms. The summed E-state index contributed by atoms with van der Waals surface area (Å²) in [6.07, 6.45) is 2.18. The van der Waals surface area contributed by atoms with Crippen molar-refractivity contribution in [2.75, 3.05) is 20.3 Å². The Labute approximate surface area is 134 Å². The molecule has 23 heavy (non-hydrogen) atoms. The summed E-state index contributed by atoms with van der Waals surface area (Å²) in [4.78, 5) is 16.6. The Morgan fingerprint density at radius 1 is 1.52 bits per heavy atom. The molecule has 0 aliphatic carbocycles. The second kappa shape index (κ2) is 6.78. The van der Waals surface area contributed by atoms with Gasteiger partial charge in [0.05, 0.1) is 12.7 Å². The van der Waals surface area contributed by atoms with E-state index in [0.717, 1.165) is 12.0 Å². The zero-order valence-corrected chi connectivity index (χ0v) is 13.2. The van der Waals surface area contributed by atoms with Gasteiger partial charge < -0.3 is 14.8 Å². The molecule has 7 heteroatoms. The fourth-order valence-electron chi connectivity index (χ4n) is 2.80. The van der Waals surface area contributed by atoms with Gasteiger partial charge in [-0.25, -0.2) is 4.98 Å². The van der Waals surface area contributed by atoms with Gasteiger partial charge in [-0.05, 0) is 31.0 Å². The van der Waals surface area contributed by atoms with Crippen molar-refractivity contribution >= 4 is 5.91 Å². The van der Waals surface area contributed by atoms with Gasteiger partial charge in [-0.3, -0.25) is 9.89 Å². The average Bonchev–Trinajstić information content (AvgIpc) is 3.23. The van der Waals surface area contributed by atoms with Crippen LogP contribution < -0.4 is 10.1 Å². The maximum Gasteiger partial charge on any atom is 0.255 e. The van der Waals surface area contributed by atoms with E-state index in [1.165, 1.54) is 6.33 Å². The second-order valence-electron chi connectivity index (χ2n) is 5.62. The molecule has 1 aliphatic rings. The number of benzene rings is 1. The predicted molar refractivity (Wildman–Crippen MR) is 83.2 cm³/mol. The van der Waals surface area contributed by atoms with Crippen molar-refractivity contribution in [1.82, 2.24) is 20.5 Å². The number of aromatic amines is 1. The van der Waals surface area contributed by atoms with E-state index in [9.17, 15) is 4.79 Å². The molecular weight excluding hydrogens is 296 g/mol. The van der Waals surface area contributed by atoms with Crippen molar-refractivity contribution in [2.45, 2.75) is 19.4 Å². The van der Waals surface area contributed by atoms with Gasteiger partial charge in [0.25, 0.3) is 5.91 Å². The number of ether oxygens (including phenoxy) is 2. The van der Waals surface area contributed by atoms with E-state index in [-0.39, 0.29) is 17.9 Å². The largest absolute Gasteiger partial charge is 0.496 e. The number of amides is 1. The maximum absolute atomic E-state index is 12.4. The number of methoxy groups -OCH3 is 1. The number of nitrogens with one attached hydrogen (secondary N) is 2. The van der Waals surface area contributed by atoms with Gasteiger partial charge in [0.15, 0.2) is 5.82 Å². The molecule has 2 atom stereocenters. The van der Waals surface area contributed by atoms with Crippen molar-refractivity contribution in [1.29, 1.82) is 0 Å². The van der Waals surface area contributed by atoms with Crippen LogP contribution >= 0.6 is 0 Å². The van der Waals surface area contributed by atoms with Crippen molar-refractivity contribution in [3.8, 4) is 5.75 Å². The first-order valence-electron chi connectivity index (χ1n) is 7.58. The molecule has 0 saturated carbocycles. The van der Waals surface area contributed by atoms with Gasteiger partial charge in [0.1, 0.15) is 18.2 Å². The average molecular weight is 316 g/mol. The van der Waals surface area contributed by atoms with Gasteiger partial charge in [-0.2, -0.15) is 5.10 Å². The van der Waals surface area contributed by atoms with E-state index in [0.29, 0.717) is 30.3 Å². The molecule has 7 nitrogen and oxygen atoms in total. The van der Waals surface area contributed by atoms with Crippen LogP contribution in [0.3, 0.4) is 0 Å². The SMILES string of the molecule is COc1cc(C)ccc1C(=O)NC[C@@H]1CCO[C@@H]1c1ncn[nH]1. The molecule has 1 aromatic carbocycles. The molecule has 0 bridgehead atoms. The molecule has 1 fully saturated rings. The summed E-state index contributed by atoms with van der Waals surface area (Å²) < 4.78 is 11.0. The lowest BCUT2D eigenvalue weighted by Gasteiger charge is -2.17. The molecule has 1 aliphatic heterocycles. The number of aromatic nitrogens is 3. The Bertz CT molecular complexity index is 672. The number of H-pyrrole nitrogens is 1. The van der Waals surface area contributed by atoms with Crippen LogP contribution in [-0.2, 0) is 4.74 Å². The van der Waals surface area contributed by atoms with Crippen LogP contribution in [0.15, 0.2) is 24.5 Å². The molecule has 2 N–H and O–H groups in total. The van der Waals surface area contributed by atoms with Crippen molar-refractivity contribution in [2.24, 2.45) is 5.92 Å². The van der Waals surface area contributed by atoms with Gasteiger partial charge in [0, 0.05) is 19.1 Å². The minimum absolute atomic E-state index is 0.148. The Hall–Kier alpha value is -2.41. The number of hydrogen-bond donors (Lipinski definition) is 2. The predicted octanol–water partition coefficient (Wildman–Crippen LogP) is 1.63. The molecular formula is C16H20N4O3. The lowest BCUT2D eigenvalue weighted by atomic mass is 10.0. The molecule has 2 heterocycles. The Morgan fingerprint density at radius 3 is 3.13 bits per heavy atom. The van der Waals surface area contributed by atoms with E-state index < -0.39 is 0 Å². The fraction of sp³-hybridized carbons (Fsp3) is 0.438. The molecule has 1 saturated heterocycles. The van der Waals surface area contributed by atoms with E-state index in [1.54, 1.807) is 13.2 Å². The number of rotatable bonds is 5. The van der Waals surface area contributed by atoms with Crippen molar-refractivity contribution in [3.05, 3.63) is 41.5 Å². The molecule has 0 radical (unpaired) electrons. The van der Waals surface area contributed by atoms with Gasteiger partial charge in [-0.15, -0.1) is 0 Å². The summed E-state index contributed by atoms with van der Waals surface area (Å²) in [5.41, 5.74) is 1.58. The minimum atomic E-state index is -0.155. The quantitative estimate of drug-likeness (QED) is 0.875. The fourth-order valence-corrected chi connectivity index (χ4v) is 2.80. The smallest absolute Gasteiger partial charge is 0.255 e. The van der Waals surface area contributed by atoms with Gasteiger partial charge in [0.2, 0.25) is 0 Å². The van der Waals surface area contributed by atoms with Gasteiger partial charge >= 0.3 is 0 Å². The van der Waals surface area contributed by atoms with Crippen LogP contribution in [0, 0.1) is 12.8 Å². The third-order valence-corrected chi connectivity index (χ3v) is 4.04. The number of aryl methyl sites for hydroxylation is 1. The summed E-state index contributed by atoms with van der Waals surface area (Å²) in [6.45, 7) is 3.13. The van der Waals surface area contributed by atoms with E-state index in [2.05, 4.69) is 20.5 Å². The first-order chi connectivity index (χ1) is 11.2. The molecule has 3 rings (SSSR count). The maximum atomic E-state index is 12.4. The highest BCUT2D eigenvalue weighted by Gasteiger charge is 2.32. The number of carbonyl (C=O) groups is 1. The summed E-state index contributed by atoms with van der Waals surface area (Å²) >= 11 is 0. The standard InChI is InChI=1S/C16H20N4O3/c1-10-3-4-12(13(7-10)22-2)16(21)17-8-11-5-6-23-14(11)15-18-9-19-20-15/h3-4,7,9,11,14H,5-6,8H2,1-2H3,(H,17,21)(H,18,19,20)/t11-,14-/m0/s1. The van der Waals surface area contributed by atoms with Gasteiger partial charge in [-0.1, -0.05) is 6.07 Å². The first kappa shape index (κ1) is 15.5. The monoisotopic (exact) mass is 316 g/mol. The summed E-state index contributed by atoms with van der Waals surface area (Å²) in [5, 5.41) is 9.65. The molecule has 1 amide bonds. The number of nitrogens with zero attached hydrogens (tertiary/aromatic N) is 2. The van der Waals surface area contributed by atoms with Crippen LogP contribution in [0.4, 0.5) is 0 Å². The van der Waals surface area contributed by atoms with Crippen LogP contribution in [-0.4, -0.2) is 41.3 Å². The highest BCUT2D eigenvalue weighted by atomic mass is 16.5. The number of carbonyl (C=O) groups excluding carboxylic acids is 1. The zero-order chi connectivity index (χ0) is 16.2. The van der Waals surface area contributed by atoms with Crippen LogP contribution in [0.1, 0.15) is 34.3 Å². The lowest BCUT2D eigenvalue weighted by Crippen LogP contribution is -2.31. The van der Waals surface area contributed by atoms with Crippen molar-refractivity contribution < 1.29 is 14.3 Å². The highest BCUT2D eigenvalue weighted by Crippen LogP contribution is 2.32. The zero-order valence-electron chi connectivity index (χ0n) is 13.2. The molecule has 2 aromatic rings. The highest BCUT2D eigenvalue weighted by molar-refractivity contribution is 5.97. The van der Waals surface area contributed by atoms with Crippen LogP contribution in [0.25, 0.3) is 0 Å². The normalized spacial score (nSPS) is 20.4. The van der Waals surface area contributed by atoms with Crippen LogP contribution in [0.5, 0.6) is 5.75 Å².